The maximum atomic E-state index is 13.0. The van der Waals surface area contributed by atoms with Crippen LogP contribution in [0.2, 0.25) is 0 Å². The van der Waals surface area contributed by atoms with Gasteiger partial charge in [-0.05, 0) is 35.4 Å². The molecule has 33 heavy (non-hydrogen) atoms. The quantitative estimate of drug-likeness (QED) is 0.629. The van der Waals surface area contributed by atoms with Crippen molar-refractivity contribution in [2.75, 3.05) is 34.7 Å². The number of cyclic esters (lactones) is 1. The summed E-state index contributed by atoms with van der Waals surface area (Å²) in [6.07, 6.45) is -0.651. The van der Waals surface area contributed by atoms with E-state index < -0.39 is 23.9 Å². The minimum atomic E-state index is -0.651. The highest BCUT2D eigenvalue weighted by atomic mass is 16.7. The Morgan fingerprint density at radius 3 is 2.12 bits per heavy atom. The van der Waals surface area contributed by atoms with Crippen LogP contribution in [0.5, 0.6) is 28.7 Å². The molecule has 2 heterocycles. The van der Waals surface area contributed by atoms with Crippen LogP contribution in [0.3, 0.4) is 0 Å². The predicted molar refractivity (Wildman–Crippen MR) is 113 cm³/mol. The molecule has 0 unspecified atom stereocenters. The Bertz CT molecular complexity index is 1100. The number of hydrogen-bond acceptors (Lipinski definition) is 9. The van der Waals surface area contributed by atoms with Crippen molar-refractivity contribution in [3.05, 3.63) is 41.0 Å². The Morgan fingerprint density at radius 1 is 0.909 bits per heavy atom. The predicted octanol–water partition coefficient (Wildman–Crippen LogP) is 2.98. The van der Waals surface area contributed by atoms with Gasteiger partial charge in [0.2, 0.25) is 12.5 Å². The summed E-state index contributed by atoms with van der Waals surface area (Å²) in [5.74, 6) is 0.383. The fourth-order valence-corrected chi connectivity index (χ4v) is 5.12. The van der Waals surface area contributed by atoms with Gasteiger partial charge in [0.25, 0.3) is 0 Å². The minimum absolute atomic E-state index is 0.0974. The number of rotatable bonds is 5. The van der Waals surface area contributed by atoms with Crippen LogP contribution in [0.4, 0.5) is 0 Å². The fourth-order valence-electron chi connectivity index (χ4n) is 5.12. The van der Waals surface area contributed by atoms with Crippen LogP contribution < -0.4 is 23.7 Å². The molecule has 1 aliphatic carbocycles. The molecule has 0 radical (unpaired) electrons. The second kappa shape index (κ2) is 8.06. The first-order valence-corrected chi connectivity index (χ1v) is 10.5. The Morgan fingerprint density at radius 2 is 1.55 bits per heavy atom. The Kier molecular flexibility index (Phi) is 5.19. The summed E-state index contributed by atoms with van der Waals surface area (Å²) in [5, 5.41) is 0. The molecule has 2 aliphatic heterocycles. The first-order valence-electron chi connectivity index (χ1n) is 10.5. The third-order valence-electron chi connectivity index (χ3n) is 6.46. The van der Waals surface area contributed by atoms with Crippen molar-refractivity contribution >= 4 is 11.9 Å². The zero-order valence-corrected chi connectivity index (χ0v) is 18.7. The minimum Gasteiger partial charge on any atom is -0.493 e. The number of ether oxygens (including phenoxy) is 7. The van der Waals surface area contributed by atoms with Gasteiger partial charge in [-0.15, -0.1) is 0 Å². The molecule has 0 spiro atoms. The Hall–Kier alpha value is -3.62. The number of hydrogen-bond donors (Lipinski definition) is 0. The Balaban J connectivity index is 1.75. The lowest BCUT2D eigenvalue weighted by molar-refractivity contribution is -0.152. The van der Waals surface area contributed by atoms with E-state index >= 15 is 0 Å². The molecular weight excluding hydrogens is 432 g/mol. The highest BCUT2D eigenvalue weighted by Crippen LogP contribution is 2.56. The molecule has 2 aromatic rings. The highest BCUT2D eigenvalue weighted by molar-refractivity contribution is 5.79. The molecule has 3 aliphatic rings. The van der Waals surface area contributed by atoms with Gasteiger partial charge >= 0.3 is 11.9 Å². The molecule has 0 aromatic heterocycles. The topological polar surface area (TPSA) is 98.8 Å². The molecule has 1 saturated heterocycles. The molecule has 2 aromatic carbocycles. The summed E-state index contributed by atoms with van der Waals surface area (Å²) < 4.78 is 38.9. The van der Waals surface area contributed by atoms with E-state index in [0.29, 0.717) is 28.7 Å². The van der Waals surface area contributed by atoms with Crippen LogP contribution in [-0.2, 0) is 19.1 Å². The largest absolute Gasteiger partial charge is 0.493 e. The van der Waals surface area contributed by atoms with Crippen molar-refractivity contribution in [3.8, 4) is 28.7 Å². The van der Waals surface area contributed by atoms with Crippen LogP contribution in [0.15, 0.2) is 24.3 Å². The number of esters is 2. The van der Waals surface area contributed by atoms with Crippen molar-refractivity contribution in [2.24, 2.45) is 11.8 Å². The summed E-state index contributed by atoms with van der Waals surface area (Å²) in [5.41, 5.74) is 2.33. The normalized spacial score (nSPS) is 24.4. The van der Waals surface area contributed by atoms with E-state index in [1.807, 2.05) is 24.3 Å². The smallest absolute Gasteiger partial charge is 0.310 e. The fraction of sp³-hybridized carbons (Fsp3) is 0.417. The van der Waals surface area contributed by atoms with Crippen molar-refractivity contribution < 1.29 is 42.7 Å². The van der Waals surface area contributed by atoms with E-state index in [4.69, 9.17) is 33.2 Å². The molecular formula is C24H24O9. The van der Waals surface area contributed by atoms with Crippen molar-refractivity contribution in [2.45, 2.75) is 18.9 Å². The lowest BCUT2D eigenvalue weighted by Crippen LogP contribution is -2.36. The summed E-state index contributed by atoms with van der Waals surface area (Å²) in [4.78, 5) is 25.0. The molecule has 174 valence electrons. The van der Waals surface area contributed by atoms with E-state index in [2.05, 4.69) is 0 Å². The van der Waals surface area contributed by atoms with Crippen molar-refractivity contribution in [1.29, 1.82) is 0 Å². The third kappa shape index (κ3) is 3.30. The summed E-state index contributed by atoms with van der Waals surface area (Å²) in [7, 11) is 4.61. The van der Waals surface area contributed by atoms with Crippen molar-refractivity contribution in [3.63, 3.8) is 0 Å². The zero-order valence-electron chi connectivity index (χ0n) is 18.7. The summed E-state index contributed by atoms with van der Waals surface area (Å²) in [6.45, 7) is 1.60. The summed E-state index contributed by atoms with van der Waals surface area (Å²) >= 11 is 0. The molecule has 0 saturated carbocycles. The standard InChI is InChI=1S/C24H24O9/c1-11(25)33-22-14-8-17-16(31-10-32-17)7-13(14)20(21-15(22)9-30-24(21)26)12-5-18(27-2)23(29-4)19(6-12)28-3/h5-8,15,20-22H,9-10H2,1-4H3/t15-,20+,21+,22-/m0/s1. The number of carbonyl (C=O) groups is 2. The van der Waals surface area contributed by atoms with Crippen LogP contribution in [0, 0.1) is 11.8 Å². The second-order valence-electron chi connectivity index (χ2n) is 8.12. The van der Waals surface area contributed by atoms with Crippen LogP contribution in [0.1, 0.15) is 35.6 Å². The average Bonchev–Trinajstić information content (AvgIpc) is 3.43. The third-order valence-corrected chi connectivity index (χ3v) is 6.46. The highest BCUT2D eigenvalue weighted by Gasteiger charge is 2.54. The Labute approximate surface area is 190 Å². The molecule has 4 atom stereocenters. The van der Waals surface area contributed by atoms with Gasteiger partial charge in [0.1, 0.15) is 6.10 Å². The molecule has 9 nitrogen and oxygen atoms in total. The van der Waals surface area contributed by atoms with Crippen LogP contribution in [0.25, 0.3) is 0 Å². The first kappa shape index (κ1) is 21.2. The van der Waals surface area contributed by atoms with Crippen LogP contribution in [-0.4, -0.2) is 46.7 Å². The van der Waals surface area contributed by atoms with Gasteiger partial charge in [0.15, 0.2) is 23.0 Å². The number of fused-ring (bicyclic) bond motifs is 3. The summed E-state index contributed by atoms with van der Waals surface area (Å²) in [6, 6.07) is 7.34. The van der Waals surface area contributed by atoms with E-state index in [9.17, 15) is 9.59 Å². The molecule has 9 heteroatoms. The first-order chi connectivity index (χ1) is 16.0. The molecule has 0 bridgehead atoms. The van der Waals surface area contributed by atoms with Gasteiger partial charge < -0.3 is 33.2 Å². The zero-order chi connectivity index (χ0) is 23.3. The van der Waals surface area contributed by atoms with Gasteiger partial charge in [-0.1, -0.05) is 0 Å². The molecule has 1 fully saturated rings. The SMILES string of the molecule is COc1cc([C@@H]2c3cc4c(cc3[C@H](OC(C)=O)[C@H]3COC(=O)[C@@H]23)OCO4)cc(OC)c1OC. The molecule has 0 N–H and O–H groups in total. The number of methoxy groups -OCH3 is 3. The van der Waals surface area contributed by atoms with Crippen LogP contribution >= 0.6 is 0 Å². The monoisotopic (exact) mass is 456 g/mol. The average molecular weight is 456 g/mol. The van der Waals surface area contributed by atoms with Gasteiger partial charge in [-0.3, -0.25) is 9.59 Å². The van der Waals surface area contributed by atoms with Crippen molar-refractivity contribution in [1.82, 2.24) is 0 Å². The van der Waals surface area contributed by atoms with Gasteiger partial charge in [-0.25, -0.2) is 0 Å². The number of carbonyl (C=O) groups excluding carboxylic acids is 2. The van der Waals surface area contributed by atoms with E-state index in [1.54, 1.807) is 0 Å². The molecule has 5 rings (SSSR count). The second-order valence-corrected chi connectivity index (χ2v) is 8.12. The maximum absolute atomic E-state index is 13.0. The lowest BCUT2D eigenvalue weighted by Gasteiger charge is -2.38. The van der Waals surface area contributed by atoms with Gasteiger partial charge in [0.05, 0.1) is 33.9 Å². The van der Waals surface area contributed by atoms with E-state index in [1.165, 1.54) is 28.3 Å². The lowest BCUT2D eigenvalue weighted by atomic mass is 9.66. The van der Waals surface area contributed by atoms with E-state index in [-0.39, 0.29) is 25.3 Å². The number of benzene rings is 2. The van der Waals surface area contributed by atoms with E-state index in [0.717, 1.165) is 16.7 Å². The maximum Gasteiger partial charge on any atom is 0.310 e. The molecule has 0 amide bonds. The van der Waals surface area contributed by atoms with Gasteiger partial charge in [0, 0.05) is 24.3 Å². The van der Waals surface area contributed by atoms with Gasteiger partial charge in [-0.2, -0.15) is 0 Å².